The molecule has 1 aromatic rings. The van der Waals surface area contributed by atoms with E-state index in [9.17, 15) is 14.7 Å². The van der Waals surface area contributed by atoms with Gasteiger partial charge in [0.2, 0.25) is 5.91 Å². The van der Waals surface area contributed by atoms with Crippen molar-refractivity contribution in [1.82, 2.24) is 14.8 Å². The zero-order valence-electron chi connectivity index (χ0n) is 12.0. The maximum absolute atomic E-state index is 12.6. The SMILES string of the molecule is CC(=O)N1CCN(C(=O)c2ncoc2C2CC2)CC(O)C1. The summed E-state index contributed by atoms with van der Waals surface area (Å²) in [5.74, 6) is 0.637. The molecular formula is C14H19N3O4. The number of aromatic nitrogens is 1. The first-order chi connectivity index (χ1) is 10.1. The lowest BCUT2D eigenvalue weighted by atomic mass is 10.2. The van der Waals surface area contributed by atoms with Crippen molar-refractivity contribution < 1.29 is 19.1 Å². The Labute approximate surface area is 122 Å². The molecule has 1 aliphatic heterocycles. The van der Waals surface area contributed by atoms with Crippen LogP contribution in [0, 0.1) is 0 Å². The van der Waals surface area contributed by atoms with Crippen LogP contribution in [0.4, 0.5) is 0 Å². The average Bonchev–Trinajstić information content (AvgIpc) is 3.21. The van der Waals surface area contributed by atoms with Crippen molar-refractivity contribution in [3.8, 4) is 0 Å². The molecular weight excluding hydrogens is 274 g/mol. The third-order valence-corrected chi connectivity index (χ3v) is 3.98. The van der Waals surface area contributed by atoms with Crippen LogP contribution in [0.25, 0.3) is 0 Å². The molecule has 7 nitrogen and oxygen atoms in total. The van der Waals surface area contributed by atoms with Crippen molar-refractivity contribution in [2.24, 2.45) is 0 Å². The highest BCUT2D eigenvalue weighted by molar-refractivity contribution is 5.93. The van der Waals surface area contributed by atoms with Gasteiger partial charge in [-0.05, 0) is 12.8 Å². The first-order valence-electron chi connectivity index (χ1n) is 7.22. The van der Waals surface area contributed by atoms with Gasteiger partial charge >= 0.3 is 0 Å². The second kappa shape index (κ2) is 5.48. The summed E-state index contributed by atoms with van der Waals surface area (Å²) in [6.45, 7) is 2.75. The van der Waals surface area contributed by atoms with Crippen LogP contribution in [0.1, 0.15) is 41.9 Å². The molecule has 2 aliphatic rings. The number of rotatable bonds is 2. The molecule has 1 saturated carbocycles. The van der Waals surface area contributed by atoms with Gasteiger partial charge in [0.15, 0.2) is 12.1 Å². The highest BCUT2D eigenvalue weighted by Crippen LogP contribution is 2.41. The lowest BCUT2D eigenvalue weighted by Crippen LogP contribution is -2.38. The van der Waals surface area contributed by atoms with Crippen LogP contribution in [0.15, 0.2) is 10.8 Å². The molecule has 0 spiro atoms. The molecule has 1 aliphatic carbocycles. The molecule has 7 heteroatoms. The summed E-state index contributed by atoms with van der Waals surface area (Å²) in [4.78, 5) is 31.2. The maximum Gasteiger partial charge on any atom is 0.276 e. The number of aliphatic hydroxyl groups excluding tert-OH is 1. The van der Waals surface area contributed by atoms with Gasteiger partial charge in [0, 0.05) is 39.0 Å². The predicted octanol–water partition coefficient (Wildman–Crippen LogP) is 0.217. The Hall–Kier alpha value is -1.89. The lowest BCUT2D eigenvalue weighted by Gasteiger charge is -2.20. The van der Waals surface area contributed by atoms with E-state index in [1.165, 1.54) is 13.3 Å². The molecule has 21 heavy (non-hydrogen) atoms. The zero-order valence-corrected chi connectivity index (χ0v) is 12.0. The van der Waals surface area contributed by atoms with Gasteiger partial charge in [-0.1, -0.05) is 0 Å². The smallest absolute Gasteiger partial charge is 0.276 e. The summed E-state index contributed by atoms with van der Waals surface area (Å²) in [5, 5.41) is 9.98. The maximum atomic E-state index is 12.6. The molecule has 0 aromatic carbocycles. The van der Waals surface area contributed by atoms with E-state index in [4.69, 9.17) is 4.42 Å². The molecule has 114 valence electrons. The molecule has 1 aromatic heterocycles. The number of β-amino-alcohol motifs (C(OH)–C–C–N with tert-alkyl or cyclic N) is 1. The van der Waals surface area contributed by atoms with Crippen LogP contribution in [0.3, 0.4) is 0 Å². The number of carbonyl (C=O) groups excluding carboxylic acids is 2. The molecule has 0 radical (unpaired) electrons. The van der Waals surface area contributed by atoms with E-state index in [1.54, 1.807) is 9.80 Å². The number of nitrogens with zero attached hydrogens (tertiary/aromatic N) is 3. The number of hydrogen-bond acceptors (Lipinski definition) is 5. The lowest BCUT2D eigenvalue weighted by molar-refractivity contribution is -0.129. The van der Waals surface area contributed by atoms with Crippen molar-refractivity contribution >= 4 is 11.8 Å². The first-order valence-corrected chi connectivity index (χ1v) is 7.22. The van der Waals surface area contributed by atoms with Crippen LogP contribution in [-0.4, -0.2) is 64.0 Å². The van der Waals surface area contributed by atoms with Gasteiger partial charge in [-0.3, -0.25) is 9.59 Å². The van der Waals surface area contributed by atoms with Gasteiger partial charge in [-0.15, -0.1) is 0 Å². The number of aliphatic hydroxyl groups is 1. The molecule has 1 N–H and O–H groups in total. The van der Waals surface area contributed by atoms with Crippen molar-refractivity contribution in [2.45, 2.75) is 31.8 Å². The minimum atomic E-state index is -0.739. The minimum Gasteiger partial charge on any atom is -0.447 e. The second-order valence-electron chi connectivity index (χ2n) is 5.71. The predicted molar refractivity (Wildman–Crippen MR) is 72.6 cm³/mol. The van der Waals surface area contributed by atoms with Crippen LogP contribution in [-0.2, 0) is 4.79 Å². The molecule has 2 fully saturated rings. The summed E-state index contributed by atoms with van der Waals surface area (Å²) in [6.07, 6.45) is 2.61. The molecule has 0 bridgehead atoms. The highest BCUT2D eigenvalue weighted by atomic mass is 16.3. The summed E-state index contributed by atoms with van der Waals surface area (Å²) in [7, 11) is 0. The summed E-state index contributed by atoms with van der Waals surface area (Å²) >= 11 is 0. The quantitative estimate of drug-likeness (QED) is 0.842. The van der Waals surface area contributed by atoms with Crippen molar-refractivity contribution in [3.63, 3.8) is 0 Å². The zero-order chi connectivity index (χ0) is 15.0. The number of hydrogen-bond donors (Lipinski definition) is 1. The average molecular weight is 293 g/mol. The fourth-order valence-electron chi connectivity index (χ4n) is 2.66. The normalized spacial score (nSPS) is 23.0. The van der Waals surface area contributed by atoms with E-state index in [1.807, 2.05) is 0 Å². The van der Waals surface area contributed by atoms with Crippen LogP contribution < -0.4 is 0 Å². The Bertz CT molecular complexity index is 552. The Balaban J connectivity index is 1.74. The Morgan fingerprint density at radius 1 is 1.29 bits per heavy atom. The van der Waals surface area contributed by atoms with E-state index in [0.29, 0.717) is 30.5 Å². The monoisotopic (exact) mass is 293 g/mol. The Morgan fingerprint density at radius 2 is 1.95 bits per heavy atom. The molecule has 3 rings (SSSR count). The third-order valence-electron chi connectivity index (χ3n) is 3.98. The third kappa shape index (κ3) is 2.92. The summed E-state index contributed by atoms with van der Waals surface area (Å²) < 4.78 is 5.33. The van der Waals surface area contributed by atoms with E-state index in [-0.39, 0.29) is 24.9 Å². The van der Waals surface area contributed by atoms with Crippen LogP contribution >= 0.6 is 0 Å². The van der Waals surface area contributed by atoms with Gasteiger partial charge in [0.1, 0.15) is 5.76 Å². The molecule has 2 heterocycles. The van der Waals surface area contributed by atoms with E-state index in [2.05, 4.69) is 4.98 Å². The highest BCUT2D eigenvalue weighted by Gasteiger charge is 2.35. The summed E-state index contributed by atoms with van der Waals surface area (Å²) in [5.41, 5.74) is 0.348. The van der Waals surface area contributed by atoms with Crippen molar-refractivity contribution in [2.75, 3.05) is 26.2 Å². The van der Waals surface area contributed by atoms with Gasteiger partial charge < -0.3 is 19.3 Å². The van der Waals surface area contributed by atoms with E-state index < -0.39 is 6.10 Å². The van der Waals surface area contributed by atoms with Gasteiger partial charge in [0.05, 0.1) is 6.10 Å². The molecule has 2 amide bonds. The fourth-order valence-corrected chi connectivity index (χ4v) is 2.66. The molecule has 1 saturated heterocycles. The van der Waals surface area contributed by atoms with Gasteiger partial charge in [0.25, 0.3) is 5.91 Å². The topological polar surface area (TPSA) is 86.9 Å². The summed E-state index contributed by atoms with van der Waals surface area (Å²) in [6, 6.07) is 0. The molecule has 1 unspecified atom stereocenters. The van der Waals surface area contributed by atoms with Crippen LogP contribution in [0.5, 0.6) is 0 Å². The Kier molecular flexibility index (Phi) is 3.67. The Morgan fingerprint density at radius 3 is 2.62 bits per heavy atom. The van der Waals surface area contributed by atoms with E-state index in [0.717, 1.165) is 12.8 Å². The van der Waals surface area contributed by atoms with Crippen molar-refractivity contribution in [3.05, 3.63) is 17.8 Å². The van der Waals surface area contributed by atoms with E-state index >= 15 is 0 Å². The minimum absolute atomic E-state index is 0.0940. The molecule has 1 atom stereocenters. The fraction of sp³-hybridized carbons (Fsp3) is 0.643. The standard InChI is InChI=1S/C14H19N3O4/c1-9(18)16-4-5-17(7-11(19)6-16)14(20)12-13(10-2-3-10)21-8-15-12/h8,10-11,19H,2-7H2,1H3. The largest absolute Gasteiger partial charge is 0.447 e. The van der Waals surface area contributed by atoms with Gasteiger partial charge in [-0.25, -0.2) is 4.98 Å². The first kappa shape index (κ1) is 14.1. The number of amides is 2. The van der Waals surface area contributed by atoms with Crippen molar-refractivity contribution in [1.29, 1.82) is 0 Å². The number of carbonyl (C=O) groups is 2. The van der Waals surface area contributed by atoms with Crippen LogP contribution in [0.2, 0.25) is 0 Å². The number of oxazole rings is 1. The van der Waals surface area contributed by atoms with Gasteiger partial charge in [-0.2, -0.15) is 0 Å². The second-order valence-corrected chi connectivity index (χ2v) is 5.71.